The molecule has 0 unspecified atom stereocenters. The minimum absolute atomic E-state index is 0.516. The van der Waals surface area contributed by atoms with Crippen LogP contribution in [0.4, 0.5) is 5.82 Å². The fourth-order valence-corrected chi connectivity index (χ4v) is 4.09. The Labute approximate surface area is 164 Å². The second-order valence-electron chi connectivity index (χ2n) is 6.63. The van der Waals surface area contributed by atoms with Crippen molar-refractivity contribution >= 4 is 39.0 Å². The lowest BCUT2D eigenvalue weighted by atomic mass is 10.1. The monoisotopic (exact) mass is 397 g/mol. The number of hydrogen-bond donors (Lipinski definition) is 1. The lowest BCUT2D eigenvalue weighted by Crippen LogP contribution is -2.12. The average Bonchev–Trinajstić information content (AvgIpc) is 3.22. The zero-order chi connectivity index (χ0) is 18.2. The van der Waals surface area contributed by atoms with Gasteiger partial charge in [0.05, 0.1) is 11.9 Å². The van der Waals surface area contributed by atoms with Crippen molar-refractivity contribution in [2.24, 2.45) is 5.92 Å². The van der Waals surface area contributed by atoms with Crippen LogP contribution in [-0.4, -0.2) is 30.2 Å². The molecule has 0 spiro atoms. The highest BCUT2D eigenvalue weighted by molar-refractivity contribution is 7.17. The Morgan fingerprint density at radius 3 is 2.85 bits per heavy atom. The molecule has 0 radical (unpaired) electrons. The Morgan fingerprint density at radius 1 is 1.19 bits per heavy atom. The molecule has 0 aliphatic heterocycles. The fraction of sp³-hybridized carbons (Fsp3) is 0.278. The summed E-state index contributed by atoms with van der Waals surface area (Å²) in [7, 11) is 0. The Morgan fingerprint density at radius 2 is 2.04 bits per heavy atom. The number of thiophene rings is 1. The van der Waals surface area contributed by atoms with Gasteiger partial charge in [-0.15, -0.1) is 16.4 Å². The van der Waals surface area contributed by atoms with Gasteiger partial charge in [0.2, 0.25) is 0 Å². The summed E-state index contributed by atoms with van der Waals surface area (Å²) < 4.78 is 1.89. The third-order valence-corrected chi connectivity index (χ3v) is 5.81. The van der Waals surface area contributed by atoms with E-state index in [-0.39, 0.29) is 0 Å². The third kappa shape index (κ3) is 3.38. The molecule has 0 bridgehead atoms. The van der Waals surface area contributed by atoms with Gasteiger partial charge in [0.15, 0.2) is 5.82 Å². The predicted molar refractivity (Wildman–Crippen MR) is 106 cm³/mol. The number of hydrogen-bond acceptors (Lipinski definition) is 7. The Hall–Kier alpha value is -2.58. The van der Waals surface area contributed by atoms with E-state index < -0.39 is 0 Å². The van der Waals surface area contributed by atoms with Crippen LogP contribution in [0, 0.1) is 5.92 Å². The van der Waals surface area contributed by atoms with E-state index in [9.17, 15) is 0 Å². The van der Waals surface area contributed by atoms with E-state index in [4.69, 9.17) is 11.6 Å². The van der Waals surface area contributed by atoms with Gasteiger partial charge >= 0.3 is 0 Å². The van der Waals surface area contributed by atoms with Crippen molar-refractivity contribution in [1.29, 1.82) is 0 Å². The molecule has 1 aliphatic carbocycles. The second-order valence-corrected chi connectivity index (χ2v) is 7.93. The van der Waals surface area contributed by atoms with Crippen molar-refractivity contribution in [3.8, 4) is 11.1 Å². The van der Waals surface area contributed by atoms with Crippen LogP contribution in [0.2, 0.25) is 5.02 Å². The Balaban J connectivity index is 1.45. The normalized spacial score (nSPS) is 14.0. The quantitative estimate of drug-likeness (QED) is 0.529. The highest BCUT2D eigenvalue weighted by atomic mass is 35.5. The number of benzene rings is 1. The first-order chi connectivity index (χ1) is 13.3. The molecule has 0 atom stereocenters. The maximum absolute atomic E-state index is 6.03. The molecule has 1 N–H and O–H groups in total. The van der Waals surface area contributed by atoms with Gasteiger partial charge in [0, 0.05) is 22.5 Å². The lowest BCUT2D eigenvalue weighted by molar-refractivity contribution is 0.526. The first-order valence-corrected chi connectivity index (χ1v) is 10.0. The van der Waals surface area contributed by atoms with Gasteiger partial charge in [-0.1, -0.05) is 23.7 Å². The molecule has 7 nitrogen and oxygen atoms in total. The predicted octanol–water partition coefficient (Wildman–Crippen LogP) is 4.02. The van der Waals surface area contributed by atoms with Crippen LogP contribution >= 0.6 is 22.9 Å². The molecule has 1 saturated carbocycles. The van der Waals surface area contributed by atoms with Crippen molar-refractivity contribution in [2.45, 2.75) is 25.9 Å². The highest BCUT2D eigenvalue weighted by Gasteiger charge is 2.23. The SMILES string of the molecule is Clc1ccc(-c2csc3ncnc(NCc4nnnn4CC4CC4)c23)cc1. The molecule has 27 heavy (non-hydrogen) atoms. The molecule has 3 aromatic heterocycles. The molecule has 4 aromatic rings. The Bertz CT molecular complexity index is 1080. The van der Waals surface area contributed by atoms with Crippen LogP contribution < -0.4 is 5.32 Å². The van der Waals surface area contributed by atoms with Gasteiger partial charge in [-0.3, -0.25) is 0 Å². The van der Waals surface area contributed by atoms with Crippen LogP contribution in [-0.2, 0) is 13.1 Å². The molecule has 9 heteroatoms. The summed E-state index contributed by atoms with van der Waals surface area (Å²) in [6, 6.07) is 7.81. The number of anilines is 1. The van der Waals surface area contributed by atoms with Crippen molar-refractivity contribution in [1.82, 2.24) is 30.2 Å². The summed E-state index contributed by atoms with van der Waals surface area (Å²) >= 11 is 7.63. The molecule has 0 saturated heterocycles. The second kappa shape index (κ2) is 6.86. The van der Waals surface area contributed by atoms with E-state index in [1.807, 2.05) is 28.9 Å². The van der Waals surface area contributed by atoms with Gasteiger partial charge in [-0.2, -0.15) is 0 Å². The summed E-state index contributed by atoms with van der Waals surface area (Å²) in [6.45, 7) is 1.40. The molecule has 1 aliphatic rings. The van der Waals surface area contributed by atoms with Gasteiger partial charge in [0.25, 0.3) is 0 Å². The standard InChI is InChI=1S/C18H16ClN7S/c19-13-5-3-12(4-6-13)14-9-27-18-16(14)17(21-10-22-18)20-7-15-23-24-25-26(15)8-11-1-2-11/h3-6,9-11H,1-2,7-8H2,(H,20,21,22). The number of aromatic nitrogens is 6. The molecule has 3 heterocycles. The first-order valence-electron chi connectivity index (χ1n) is 8.75. The molecule has 0 amide bonds. The summed E-state index contributed by atoms with van der Waals surface area (Å²) in [4.78, 5) is 9.82. The zero-order valence-electron chi connectivity index (χ0n) is 14.3. The largest absolute Gasteiger partial charge is 0.362 e. The molecule has 1 aromatic carbocycles. The smallest absolute Gasteiger partial charge is 0.170 e. The van der Waals surface area contributed by atoms with Crippen LogP contribution in [0.3, 0.4) is 0 Å². The first kappa shape index (κ1) is 16.6. The summed E-state index contributed by atoms with van der Waals surface area (Å²) in [5.74, 6) is 2.32. The lowest BCUT2D eigenvalue weighted by Gasteiger charge is -2.09. The summed E-state index contributed by atoms with van der Waals surface area (Å²) in [5.41, 5.74) is 2.18. The number of nitrogens with one attached hydrogen (secondary N) is 1. The van der Waals surface area contributed by atoms with Crippen molar-refractivity contribution < 1.29 is 0 Å². The van der Waals surface area contributed by atoms with Crippen molar-refractivity contribution in [2.75, 3.05) is 5.32 Å². The summed E-state index contributed by atoms with van der Waals surface area (Å²) in [5, 5.41) is 19.3. The molecule has 1 fully saturated rings. The van der Waals surface area contributed by atoms with Crippen LogP contribution in [0.25, 0.3) is 21.3 Å². The van der Waals surface area contributed by atoms with Crippen molar-refractivity contribution in [3.05, 3.63) is 46.8 Å². The van der Waals surface area contributed by atoms with Crippen LogP contribution in [0.15, 0.2) is 36.0 Å². The maximum atomic E-state index is 6.03. The third-order valence-electron chi connectivity index (χ3n) is 4.67. The van der Waals surface area contributed by atoms with Crippen LogP contribution in [0.5, 0.6) is 0 Å². The van der Waals surface area contributed by atoms with Gasteiger partial charge in [0.1, 0.15) is 17.0 Å². The number of nitrogens with zero attached hydrogens (tertiary/aromatic N) is 6. The van der Waals surface area contributed by atoms with Gasteiger partial charge in [-0.05, 0) is 46.9 Å². The topological polar surface area (TPSA) is 81.4 Å². The van der Waals surface area contributed by atoms with Crippen molar-refractivity contribution in [3.63, 3.8) is 0 Å². The van der Waals surface area contributed by atoms with Crippen LogP contribution in [0.1, 0.15) is 18.7 Å². The molecule has 5 rings (SSSR count). The number of halogens is 1. The Kier molecular flexibility index (Phi) is 4.21. The average molecular weight is 398 g/mol. The number of fused-ring (bicyclic) bond motifs is 1. The summed E-state index contributed by atoms with van der Waals surface area (Å²) in [6.07, 6.45) is 4.11. The molecular weight excluding hydrogens is 382 g/mol. The molecular formula is C18H16ClN7S. The van der Waals surface area contributed by atoms with E-state index >= 15 is 0 Å². The number of rotatable bonds is 6. The van der Waals surface area contributed by atoms with E-state index in [1.165, 1.54) is 12.8 Å². The fourth-order valence-electron chi connectivity index (χ4n) is 3.05. The van der Waals surface area contributed by atoms with E-state index in [0.29, 0.717) is 12.5 Å². The van der Waals surface area contributed by atoms with E-state index in [2.05, 4.69) is 36.2 Å². The highest BCUT2D eigenvalue weighted by Crippen LogP contribution is 2.37. The minimum Gasteiger partial charge on any atom is -0.362 e. The number of tetrazole rings is 1. The van der Waals surface area contributed by atoms with Gasteiger partial charge < -0.3 is 5.32 Å². The van der Waals surface area contributed by atoms with Gasteiger partial charge in [-0.25, -0.2) is 14.6 Å². The van der Waals surface area contributed by atoms with E-state index in [1.54, 1.807) is 17.7 Å². The minimum atomic E-state index is 0.516. The maximum Gasteiger partial charge on any atom is 0.170 e. The zero-order valence-corrected chi connectivity index (χ0v) is 15.9. The van der Waals surface area contributed by atoms with E-state index in [0.717, 1.165) is 44.6 Å². The molecule has 136 valence electrons.